The van der Waals surface area contributed by atoms with Crippen LogP contribution in [0.25, 0.3) is 0 Å². The first-order valence-electron chi connectivity index (χ1n) is 13.0. The van der Waals surface area contributed by atoms with Gasteiger partial charge < -0.3 is 9.47 Å². The second-order valence-electron chi connectivity index (χ2n) is 11.2. The Kier molecular flexibility index (Phi) is 4.83. The number of Topliss-reactive ketones (excluding diaryl/α,β-unsaturated/α-hetero) is 1. The Morgan fingerprint density at radius 2 is 1.91 bits per heavy atom. The SMILES string of the molecule is CCCCn1c(CN2C(=O)C3(CC(C(=O)C4(C)CC4)C3)c3ccccc32)nc2c1CCCC2. The van der Waals surface area contributed by atoms with E-state index in [2.05, 4.69) is 30.5 Å². The molecule has 1 aromatic carbocycles. The number of nitrogens with zero attached hydrogens (tertiary/aromatic N) is 3. The number of amides is 1. The van der Waals surface area contributed by atoms with Crippen molar-refractivity contribution in [3.63, 3.8) is 0 Å². The van der Waals surface area contributed by atoms with Crippen LogP contribution < -0.4 is 4.90 Å². The van der Waals surface area contributed by atoms with Crippen molar-refractivity contribution < 1.29 is 9.59 Å². The first-order valence-corrected chi connectivity index (χ1v) is 13.0. The van der Waals surface area contributed by atoms with E-state index in [1.807, 2.05) is 17.0 Å². The summed E-state index contributed by atoms with van der Waals surface area (Å²) in [7, 11) is 0. The third kappa shape index (κ3) is 3.14. The molecule has 1 spiro atoms. The van der Waals surface area contributed by atoms with Crippen LogP contribution in [0.2, 0.25) is 0 Å². The summed E-state index contributed by atoms with van der Waals surface area (Å²) in [6.45, 7) is 5.83. The Morgan fingerprint density at radius 3 is 2.67 bits per heavy atom. The number of unbranched alkanes of at least 4 members (excludes halogenated alkanes) is 1. The van der Waals surface area contributed by atoms with Crippen LogP contribution in [-0.4, -0.2) is 21.2 Å². The minimum absolute atomic E-state index is 0.0355. The standard InChI is InChI=1S/C28H35N3O2/c1-3-4-15-30-23-12-8-6-10-21(23)29-24(30)18-31-22-11-7-5-9-20(22)28(26(31)33)16-19(17-28)25(32)27(2)13-14-27/h5,7,9,11,19H,3-4,6,8,10,12-18H2,1-2H3. The summed E-state index contributed by atoms with van der Waals surface area (Å²) in [5, 5.41) is 0. The van der Waals surface area contributed by atoms with Crippen molar-refractivity contribution in [3.8, 4) is 0 Å². The smallest absolute Gasteiger partial charge is 0.238 e. The second-order valence-corrected chi connectivity index (χ2v) is 11.2. The molecule has 0 atom stereocenters. The Balaban J connectivity index is 1.31. The van der Waals surface area contributed by atoms with Gasteiger partial charge in [0.2, 0.25) is 5.91 Å². The topological polar surface area (TPSA) is 55.2 Å². The van der Waals surface area contributed by atoms with Crippen LogP contribution in [0.3, 0.4) is 0 Å². The minimum atomic E-state index is -0.511. The fourth-order valence-electron chi connectivity index (χ4n) is 6.54. The number of hydrogen-bond acceptors (Lipinski definition) is 3. The van der Waals surface area contributed by atoms with Gasteiger partial charge in [-0.2, -0.15) is 0 Å². The average molecular weight is 446 g/mol. The maximum Gasteiger partial charge on any atom is 0.238 e. The molecule has 1 aliphatic heterocycles. The Hall–Kier alpha value is -2.43. The predicted octanol–water partition coefficient (Wildman–Crippen LogP) is 5.13. The molecule has 4 aliphatic rings. The molecule has 0 bridgehead atoms. The highest BCUT2D eigenvalue weighted by Gasteiger charge is 2.62. The van der Waals surface area contributed by atoms with Gasteiger partial charge in [0.05, 0.1) is 17.7 Å². The highest BCUT2D eigenvalue weighted by molar-refractivity contribution is 6.10. The number of rotatable bonds is 7. The lowest BCUT2D eigenvalue weighted by Gasteiger charge is -2.44. The number of fused-ring (bicyclic) bond motifs is 3. The maximum absolute atomic E-state index is 14.0. The molecule has 2 aromatic rings. The zero-order valence-electron chi connectivity index (χ0n) is 20.0. The van der Waals surface area contributed by atoms with Crippen LogP contribution in [0.5, 0.6) is 0 Å². The average Bonchev–Trinajstić information content (AvgIpc) is 3.38. The summed E-state index contributed by atoms with van der Waals surface area (Å²) in [6, 6.07) is 8.26. The number of ketones is 1. The van der Waals surface area contributed by atoms with E-state index in [1.54, 1.807) is 0 Å². The molecule has 5 heteroatoms. The number of imidazole rings is 1. The largest absolute Gasteiger partial charge is 0.330 e. The monoisotopic (exact) mass is 445 g/mol. The molecule has 2 fully saturated rings. The zero-order valence-corrected chi connectivity index (χ0v) is 20.0. The third-order valence-corrected chi connectivity index (χ3v) is 8.87. The van der Waals surface area contributed by atoms with Crippen LogP contribution >= 0.6 is 0 Å². The second kappa shape index (κ2) is 7.54. The van der Waals surface area contributed by atoms with Gasteiger partial charge in [-0.05, 0) is 69.4 Å². The van der Waals surface area contributed by atoms with Crippen molar-refractivity contribution >= 4 is 17.4 Å². The summed E-state index contributed by atoms with van der Waals surface area (Å²) in [5.41, 5.74) is 4.16. The molecular formula is C28H35N3O2. The summed E-state index contributed by atoms with van der Waals surface area (Å²) < 4.78 is 2.42. The molecule has 174 valence electrons. The Bertz CT molecular complexity index is 1120. The summed E-state index contributed by atoms with van der Waals surface area (Å²) >= 11 is 0. The molecule has 33 heavy (non-hydrogen) atoms. The lowest BCUT2D eigenvalue weighted by Crippen LogP contribution is -2.52. The van der Waals surface area contributed by atoms with Gasteiger partial charge in [-0.25, -0.2) is 4.98 Å². The van der Waals surface area contributed by atoms with Gasteiger partial charge in [0, 0.05) is 29.3 Å². The minimum Gasteiger partial charge on any atom is -0.330 e. The van der Waals surface area contributed by atoms with Gasteiger partial charge in [-0.1, -0.05) is 38.5 Å². The molecule has 6 rings (SSSR count). The lowest BCUT2D eigenvalue weighted by molar-refractivity contribution is -0.138. The number of para-hydroxylation sites is 1. The van der Waals surface area contributed by atoms with Gasteiger partial charge in [-0.3, -0.25) is 9.59 Å². The maximum atomic E-state index is 14.0. The number of aryl methyl sites for hydroxylation is 1. The van der Waals surface area contributed by atoms with Gasteiger partial charge in [-0.15, -0.1) is 0 Å². The normalized spacial score (nSPS) is 26.8. The molecule has 2 saturated carbocycles. The summed E-state index contributed by atoms with van der Waals surface area (Å²) in [6.07, 6.45) is 10.2. The third-order valence-electron chi connectivity index (χ3n) is 8.87. The molecule has 1 amide bonds. The van der Waals surface area contributed by atoms with Crippen molar-refractivity contribution in [2.24, 2.45) is 11.3 Å². The summed E-state index contributed by atoms with van der Waals surface area (Å²) in [5.74, 6) is 1.64. The van der Waals surface area contributed by atoms with E-state index in [4.69, 9.17) is 4.98 Å². The first kappa shape index (κ1) is 21.1. The Morgan fingerprint density at radius 1 is 1.15 bits per heavy atom. The van der Waals surface area contributed by atoms with Crippen molar-refractivity contribution in [1.29, 1.82) is 0 Å². The van der Waals surface area contributed by atoms with E-state index in [0.717, 1.165) is 62.1 Å². The lowest BCUT2D eigenvalue weighted by atomic mass is 9.56. The number of benzene rings is 1. The van der Waals surface area contributed by atoms with Crippen LogP contribution in [-0.2, 0) is 40.9 Å². The molecule has 0 N–H and O–H groups in total. The molecule has 0 unspecified atom stereocenters. The van der Waals surface area contributed by atoms with Crippen molar-refractivity contribution in [1.82, 2.24) is 9.55 Å². The number of carbonyl (C=O) groups is 2. The molecule has 3 aliphatic carbocycles. The van der Waals surface area contributed by atoms with Crippen molar-refractivity contribution in [2.75, 3.05) is 4.90 Å². The van der Waals surface area contributed by atoms with E-state index >= 15 is 0 Å². The number of anilines is 1. The van der Waals surface area contributed by atoms with E-state index in [1.165, 1.54) is 24.2 Å². The number of carbonyl (C=O) groups excluding carboxylic acids is 2. The van der Waals surface area contributed by atoms with E-state index in [-0.39, 0.29) is 17.2 Å². The first-order chi connectivity index (χ1) is 16.0. The fraction of sp³-hybridized carbons (Fsp3) is 0.607. The molecule has 0 saturated heterocycles. The predicted molar refractivity (Wildman–Crippen MR) is 128 cm³/mol. The highest BCUT2D eigenvalue weighted by Crippen LogP contribution is 2.60. The molecule has 1 aromatic heterocycles. The van der Waals surface area contributed by atoms with E-state index < -0.39 is 5.41 Å². The molecule has 2 heterocycles. The van der Waals surface area contributed by atoms with Gasteiger partial charge in [0.1, 0.15) is 11.6 Å². The van der Waals surface area contributed by atoms with E-state index in [9.17, 15) is 9.59 Å². The fourth-order valence-corrected chi connectivity index (χ4v) is 6.54. The molecule has 0 radical (unpaired) electrons. The Labute approximate surface area is 196 Å². The number of hydrogen-bond donors (Lipinski definition) is 0. The van der Waals surface area contributed by atoms with Gasteiger partial charge in [0.25, 0.3) is 0 Å². The number of aromatic nitrogens is 2. The highest BCUT2D eigenvalue weighted by atomic mass is 16.2. The molecule has 5 nitrogen and oxygen atoms in total. The van der Waals surface area contributed by atoms with Crippen molar-refractivity contribution in [3.05, 3.63) is 47.0 Å². The zero-order chi connectivity index (χ0) is 22.8. The van der Waals surface area contributed by atoms with E-state index in [0.29, 0.717) is 25.2 Å². The van der Waals surface area contributed by atoms with Gasteiger partial charge >= 0.3 is 0 Å². The van der Waals surface area contributed by atoms with Crippen LogP contribution in [0, 0.1) is 11.3 Å². The van der Waals surface area contributed by atoms with Crippen LogP contribution in [0.1, 0.15) is 88.0 Å². The van der Waals surface area contributed by atoms with Crippen LogP contribution in [0.4, 0.5) is 5.69 Å². The van der Waals surface area contributed by atoms with Crippen molar-refractivity contribution in [2.45, 2.75) is 96.6 Å². The summed E-state index contributed by atoms with van der Waals surface area (Å²) in [4.78, 5) is 34.0. The van der Waals surface area contributed by atoms with Gasteiger partial charge in [0.15, 0.2) is 0 Å². The quantitative estimate of drug-likeness (QED) is 0.594. The molecular weight excluding hydrogens is 410 g/mol. The van der Waals surface area contributed by atoms with Crippen LogP contribution in [0.15, 0.2) is 24.3 Å².